The Balaban J connectivity index is 1.56. The summed E-state index contributed by atoms with van der Waals surface area (Å²) >= 11 is 1.19. The van der Waals surface area contributed by atoms with Gasteiger partial charge < -0.3 is 24.8 Å². The number of anilines is 2. The molecule has 0 fully saturated rings. The van der Waals surface area contributed by atoms with Gasteiger partial charge in [0.25, 0.3) is 5.91 Å². The molecule has 1 aliphatic rings. The predicted molar refractivity (Wildman–Crippen MR) is 146 cm³/mol. The second kappa shape index (κ2) is 11.6. The average molecular weight is 555 g/mol. The molecule has 3 aromatic rings. The Morgan fingerprint density at radius 1 is 1.00 bits per heavy atom. The van der Waals surface area contributed by atoms with E-state index >= 15 is 0 Å². The smallest absolute Gasteiger partial charge is 0.325 e. The molecule has 0 radical (unpaired) electrons. The highest BCUT2D eigenvalue weighted by Crippen LogP contribution is 2.41. The molecule has 198 valence electrons. The SMILES string of the molecule is COC(=O)CNc1ccc(/C=C2/Sc3cc(S(=O)(=O)Cc4c(OC)cccc4OC)ccc3NC2=O)cc1. The summed E-state index contributed by atoms with van der Waals surface area (Å²) in [6.45, 7) is 0.0427. The molecule has 3 aromatic carbocycles. The monoisotopic (exact) mass is 554 g/mol. The van der Waals surface area contributed by atoms with Crippen molar-refractivity contribution in [3.05, 3.63) is 76.7 Å². The Morgan fingerprint density at radius 2 is 1.68 bits per heavy atom. The molecule has 2 N–H and O–H groups in total. The number of thioether (sulfide) groups is 1. The predicted octanol–water partition coefficient (Wildman–Crippen LogP) is 4.35. The van der Waals surface area contributed by atoms with E-state index in [1.165, 1.54) is 39.2 Å². The zero-order chi connectivity index (χ0) is 27.3. The number of hydrogen-bond acceptors (Lipinski definition) is 9. The number of carbonyl (C=O) groups is 2. The van der Waals surface area contributed by atoms with Gasteiger partial charge in [-0.3, -0.25) is 9.59 Å². The van der Waals surface area contributed by atoms with E-state index in [0.717, 1.165) is 11.3 Å². The molecule has 0 aromatic heterocycles. The summed E-state index contributed by atoms with van der Waals surface area (Å²) in [7, 11) is 0.505. The standard InChI is InChI=1S/C27H26N2O7S2/c1-34-22-5-4-6-23(35-2)20(22)16-38(32,33)19-11-12-21-24(14-19)37-25(27(31)29-21)13-17-7-9-18(10-8-17)28-15-26(30)36-3/h4-14,28H,15-16H2,1-3H3,(H,29,31)/b25-13+. The third-order valence-corrected chi connectivity index (χ3v) is 8.46. The number of ether oxygens (including phenoxy) is 3. The fourth-order valence-corrected chi connectivity index (χ4v) is 6.24. The van der Waals surface area contributed by atoms with Crippen LogP contribution in [0.4, 0.5) is 11.4 Å². The van der Waals surface area contributed by atoms with Crippen molar-refractivity contribution in [2.24, 2.45) is 0 Å². The molecule has 0 aliphatic carbocycles. The van der Waals surface area contributed by atoms with Crippen LogP contribution in [0.15, 0.2) is 75.4 Å². The van der Waals surface area contributed by atoms with Gasteiger partial charge in [0.05, 0.1) is 48.1 Å². The number of nitrogens with one attached hydrogen (secondary N) is 2. The highest BCUT2D eigenvalue weighted by Gasteiger charge is 2.26. The lowest BCUT2D eigenvalue weighted by Gasteiger charge is -2.20. The lowest BCUT2D eigenvalue weighted by molar-refractivity contribution is -0.138. The minimum absolute atomic E-state index is 0.0427. The van der Waals surface area contributed by atoms with Gasteiger partial charge in [0.15, 0.2) is 9.84 Å². The van der Waals surface area contributed by atoms with E-state index < -0.39 is 9.84 Å². The Bertz CT molecular complexity index is 1480. The van der Waals surface area contributed by atoms with E-state index in [1.807, 2.05) is 0 Å². The normalized spacial score (nSPS) is 13.9. The first-order valence-electron chi connectivity index (χ1n) is 11.4. The number of fused-ring (bicyclic) bond motifs is 1. The van der Waals surface area contributed by atoms with Gasteiger partial charge in [-0.05, 0) is 54.1 Å². The van der Waals surface area contributed by atoms with Gasteiger partial charge in [0.1, 0.15) is 18.0 Å². The Kier molecular flexibility index (Phi) is 8.28. The highest BCUT2D eigenvalue weighted by molar-refractivity contribution is 8.04. The van der Waals surface area contributed by atoms with E-state index in [0.29, 0.717) is 32.6 Å². The molecule has 1 heterocycles. The van der Waals surface area contributed by atoms with Gasteiger partial charge in [-0.1, -0.05) is 30.0 Å². The summed E-state index contributed by atoms with van der Waals surface area (Å²) in [5.74, 6) is -0.137. The van der Waals surface area contributed by atoms with Gasteiger partial charge in [0, 0.05) is 10.6 Å². The number of hydrogen-bond donors (Lipinski definition) is 2. The molecular weight excluding hydrogens is 528 g/mol. The van der Waals surface area contributed by atoms with Gasteiger partial charge in [0.2, 0.25) is 0 Å². The van der Waals surface area contributed by atoms with Crippen LogP contribution >= 0.6 is 11.8 Å². The average Bonchev–Trinajstić information content (AvgIpc) is 2.92. The van der Waals surface area contributed by atoms with Crippen LogP contribution in [-0.4, -0.2) is 48.2 Å². The van der Waals surface area contributed by atoms with Crippen LogP contribution in [0.1, 0.15) is 11.1 Å². The van der Waals surface area contributed by atoms with Crippen LogP contribution in [-0.2, 0) is 29.9 Å². The van der Waals surface area contributed by atoms with E-state index in [1.54, 1.807) is 60.7 Å². The maximum Gasteiger partial charge on any atom is 0.325 e. The third-order valence-electron chi connectivity index (χ3n) is 5.74. The topological polar surface area (TPSA) is 120 Å². The maximum absolute atomic E-state index is 13.3. The lowest BCUT2D eigenvalue weighted by Crippen LogP contribution is -2.18. The number of benzene rings is 3. The quantitative estimate of drug-likeness (QED) is 0.294. The van der Waals surface area contributed by atoms with E-state index in [2.05, 4.69) is 15.4 Å². The van der Waals surface area contributed by atoms with Gasteiger partial charge in [-0.25, -0.2) is 8.42 Å². The number of sulfone groups is 1. The van der Waals surface area contributed by atoms with Gasteiger partial charge in [-0.2, -0.15) is 0 Å². The maximum atomic E-state index is 13.3. The second-order valence-corrected chi connectivity index (χ2v) is 11.2. The van der Waals surface area contributed by atoms with E-state index in [4.69, 9.17) is 9.47 Å². The molecule has 0 saturated heterocycles. The van der Waals surface area contributed by atoms with Crippen LogP contribution in [0.25, 0.3) is 6.08 Å². The molecule has 0 bridgehead atoms. The molecule has 11 heteroatoms. The third kappa shape index (κ3) is 6.12. The molecule has 9 nitrogen and oxygen atoms in total. The number of rotatable bonds is 9. The summed E-state index contributed by atoms with van der Waals surface area (Å²) < 4.78 is 42.0. The largest absolute Gasteiger partial charge is 0.496 e. The van der Waals surface area contributed by atoms with Crippen molar-refractivity contribution < 1.29 is 32.2 Å². The number of methoxy groups -OCH3 is 3. The first kappa shape index (κ1) is 27.1. The van der Waals surface area contributed by atoms with Crippen molar-refractivity contribution in [2.45, 2.75) is 15.5 Å². The summed E-state index contributed by atoms with van der Waals surface area (Å²) in [6, 6.07) is 16.9. The molecule has 0 saturated carbocycles. The Labute approximate surface area is 225 Å². The van der Waals surface area contributed by atoms with Crippen molar-refractivity contribution in [3.8, 4) is 11.5 Å². The van der Waals surface area contributed by atoms with Crippen molar-refractivity contribution in [2.75, 3.05) is 38.5 Å². The molecule has 1 aliphatic heterocycles. The van der Waals surface area contributed by atoms with E-state index in [-0.39, 0.29) is 29.1 Å². The number of amides is 1. The van der Waals surface area contributed by atoms with Crippen LogP contribution in [0.3, 0.4) is 0 Å². The fraction of sp³-hybridized carbons (Fsp3) is 0.185. The zero-order valence-corrected chi connectivity index (χ0v) is 22.6. The molecular formula is C27H26N2O7S2. The van der Waals surface area contributed by atoms with Gasteiger partial charge in [-0.15, -0.1) is 0 Å². The highest BCUT2D eigenvalue weighted by atomic mass is 32.2. The molecule has 0 spiro atoms. The van der Waals surface area contributed by atoms with Crippen LogP contribution in [0.2, 0.25) is 0 Å². The van der Waals surface area contributed by atoms with Crippen LogP contribution in [0.5, 0.6) is 11.5 Å². The summed E-state index contributed by atoms with van der Waals surface area (Å²) in [4.78, 5) is 25.1. The Morgan fingerprint density at radius 3 is 2.32 bits per heavy atom. The molecule has 0 atom stereocenters. The zero-order valence-electron chi connectivity index (χ0n) is 20.9. The number of carbonyl (C=O) groups excluding carboxylic acids is 2. The summed E-state index contributed by atoms with van der Waals surface area (Å²) in [5, 5.41) is 5.77. The minimum Gasteiger partial charge on any atom is -0.496 e. The summed E-state index contributed by atoms with van der Waals surface area (Å²) in [6.07, 6.45) is 1.72. The fourth-order valence-electron chi connectivity index (χ4n) is 3.77. The van der Waals surface area contributed by atoms with Crippen molar-refractivity contribution >= 4 is 50.9 Å². The second-order valence-electron chi connectivity index (χ2n) is 8.17. The van der Waals surface area contributed by atoms with E-state index in [9.17, 15) is 18.0 Å². The minimum atomic E-state index is -3.77. The first-order chi connectivity index (χ1) is 18.2. The van der Waals surface area contributed by atoms with Crippen molar-refractivity contribution in [1.82, 2.24) is 0 Å². The molecule has 0 unspecified atom stereocenters. The number of esters is 1. The lowest BCUT2D eigenvalue weighted by atomic mass is 10.2. The van der Waals surface area contributed by atoms with Gasteiger partial charge >= 0.3 is 5.97 Å². The Hall–Kier alpha value is -3.96. The molecule has 4 rings (SSSR count). The van der Waals surface area contributed by atoms with Crippen LogP contribution < -0.4 is 20.1 Å². The van der Waals surface area contributed by atoms with Crippen molar-refractivity contribution in [3.63, 3.8) is 0 Å². The summed E-state index contributed by atoms with van der Waals surface area (Å²) in [5.41, 5.74) is 2.46. The van der Waals surface area contributed by atoms with Crippen LogP contribution in [0, 0.1) is 0 Å². The first-order valence-corrected chi connectivity index (χ1v) is 13.9. The molecule has 38 heavy (non-hydrogen) atoms. The molecule has 1 amide bonds. The van der Waals surface area contributed by atoms with Crippen molar-refractivity contribution in [1.29, 1.82) is 0 Å².